The fraction of sp³-hybridized carbons (Fsp3) is 0.300. The number of fused-ring (bicyclic) bond motifs is 1. The second kappa shape index (κ2) is 13.6. The highest BCUT2D eigenvalue weighted by atomic mass is 32.1. The number of benzene rings is 2. The van der Waals surface area contributed by atoms with Gasteiger partial charge in [0.1, 0.15) is 11.8 Å². The van der Waals surface area contributed by atoms with Gasteiger partial charge in [-0.25, -0.2) is 14.6 Å². The molecule has 218 valence electrons. The number of thiazole rings is 1. The SMILES string of the molecule is CCOC(=O)C1=C(C)N=c2s/c(=C\c3ccccc3OCC#N)c(=O)n2[C@H]1c1ccc(OCC(=O)OC)c(OCC)c1. The molecule has 0 saturated heterocycles. The molecule has 1 atom stereocenters. The highest BCUT2D eigenvalue weighted by molar-refractivity contribution is 7.07. The van der Waals surface area contributed by atoms with Crippen molar-refractivity contribution < 1.29 is 33.3 Å². The van der Waals surface area contributed by atoms with Gasteiger partial charge in [-0.2, -0.15) is 5.26 Å². The van der Waals surface area contributed by atoms with Crippen molar-refractivity contribution in [2.24, 2.45) is 4.99 Å². The van der Waals surface area contributed by atoms with Gasteiger partial charge in [0.25, 0.3) is 5.56 Å². The fourth-order valence-electron chi connectivity index (χ4n) is 4.37. The summed E-state index contributed by atoms with van der Waals surface area (Å²) in [4.78, 5) is 43.8. The number of nitrogens with zero attached hydrogens (tertiary/aromatic N) is 3. The molecule has 0 N–H and O–H groups in total. The number of ether oxygens (including phenoxy) is 5. The Balaban J connectivity index is 1.90. The number of esters is 2. The Morgan fingerprint density at radius 2 is 1.86 bits per heavy atom. The molecule has 0 aliphatic carbocycles. The number of allylic oxidation sites excluding steroid dienone is 1. The first-order valence-electron chi connectivity index (χ1n) is 13.1. The number of hydrogen-bond donors (Lipinski definition) is 0. The number of para-hydroxylation sites is 1. The molecule has 1 aliphatic rings. The Morgan fingerprint density at radius 1 is 1.07 bits per heavy atom. The fourth-order valence-corrected chi connectivity index (χ4v) is 5.40. The van der Waals surface area contributed by atoms with Gasteiger partial charge in [-0.15, -0.1) is 0 Å². The summed E-state index contributed by atoms with van der Waals surface area (Å²) < 4.78 is 28.7. The highest BCUT2D eigenvalue weighted by Gasteiger charge is 2.34. The predicted octanol–water partition coefficient (Wildman–Crippen LogP) is 2.65. The van der Waals surface area contributed by atoms with Crippen LogP contribution in [-0.4, -0.2) is 50.0 Å². The van der Waals surface area contributed by atoms with Crippen LogP contribution in [0.3, 0.4) is 0 Å². The van der Waals surface area contributed by atoms with Crippen molar-refractivity contribution in [1.82, 2.24) is 4.57 Å². The van der Waals surface area contributed by atoms with Gasteiger partial charge in [0.05, 0.1) is 42.2 Å². The molecule has 0 bridgehead atoms. The molecular formula is C30H29N3O8S. The van der Waals surface area contributed by atoms with Crippen molar-refractivity contribution in [2.75, 3.05) is 33.5 Å². The second-order valence-corrected chi connectivity index (χ2v) is 9.80. The summed E-state index contributed by atoms with van der Waals surface area (Å²) >= 11 is 1.16. The lowest BCUT2D eigenvalue weighted by atomic mass is 9.95. The van der Waals surface area contributed by atoms with E-state index in [-0.39, 0.29) is 31.0 Å². The van der Waals surface area contributed by atoms with Gasteiger partial charge in [-0.05, 0) is 50.6 Å². The highest BCUT2D eigenvalue weighted by Crippen LogP contribution is 2.36. The van der Waals surface area contributed by atoms with E-state index in [1.807, 2.05) is 6.07 Å². The maximum atomic E-state index is 14.0. The smallest absolute Gasteiger partial charge is 0.343 e. The van der Waals surface area contributed by atoms with Gasteiger partial charge in [-0.3, -0.25) is 9.36 Å². The molecule has 11 nitrogen and oxygen atoms in total. The van der Waals surface area contributed by atoms with Crippen LogP contribution >= 0.6 is 11.3 Å². The first-order chi connectivity index (χ1) is 20.3. The minimum absolute atomic E-state index is 0.136. The van der Waals surface area contributed by atoms with E-state index in [9.17, 15) is 14.4 Å². The zero-order chi connectivity index (χ0) is 30.2. The van der Waals surface area contributed by atoms with Crippen molar-refractivity contribution in [3.63, 3.8) is 0 Å². The van der Waals surface area contributed by atoms with Crippen molar-refractivity contribution in [1.29, 1.82) is 5.26 Å². The third-order valence-electron chi connectivity index (χ3n) is 6.17. The van der Waals surface area contributed by atoms with E-state index < -0.39 is 18.0 Å². The van der Waals surface area contributed by atoms with Gasteiger partial charge >= 0.3 is 11.9 Å². The van der Waals surface area contributed by atoms with Crippen LogP contribution in [0.4, 0.5) is 0 Å². The molecule has 2 heterocycles. The van der Waals surface area contributed by atoms with E-state index in [4.69, 9.17) is 24.2 Å². The lowest BCUT2D eigenvalue weighted by molar-refractivity contribution is -0.143. The van der Waals surface area contributed by atoms with E-state index in [0.29, 0.717) is 50.0 Å². The largest absolute Gasteiger partial charge is 0.490 e. The molecule has 0 fully saturated rings. The lowest BCUT2D eigenvalue weighted by Gasteiger charge is -2.25. The van der Waals surface area contributed by atoms with Crippen molar-refractivity contribution >= 4 is 29.4 Å². The van der Waals surface area contributed by atoms with Gasteiger partial charge in [0.2, 0.25) is 0 Å². The summed E-state index contributed by atoms with van der Waals surface area (Å²) in [6, 6.07) is 13.1. The molecule has 0 amide bonds. The molecular weight excluding hydrogens is 562 g/mol. The summed E-state index contributed by atoms with van der Waals surface area (Å²) in [5, 5.41) is 8.94. The summed E-state index contributed by atoms with van der Waals surface area (Å²) in [6.07, 6.45) is 1.67. The van der Waals surface area contributed by atoms with Crippen molar-refractivity contribution in [3.05, 3.63) is 84.5 Å². The maximum absolute atomic E-state index is 14.0. The Kier molecular flexibility index (Phi) is 9.77. The topological polar surface area (TPSA) is 138 Å². The van der Waals surface area contributed by atoms with Gasteiger partial charge in [0.15, 0.2) is 29.5 Å². The Bertz CT molecular complexity index is 1750. The Hall–Kier alpha value is -4.89. The zero-order valence-corrected chi connectivity index (χ0v) is 24.4. The normalized spacial score (nSPS) is 14.4. The van der Waals surface area contributed by atoms with Crippen LogP contribution in [0, 0.1) is 11.3 Å². The van der Waals surface area contributed by atoms with Crippen LogP contribution in [0.2, 0.25) is 0 Å². The molecule has 0 unspecified atom stereocenters. The number of hydrogen-bond acceptors (Lipinski definition) is 11. The van der Waals surface area contributed by atoms with Crippen LogP contribution in [0.5, 0.6) is 17.2 Å². The minimum Gasteiger partial charge on any atom is -0.490 e. The van der Waals surface area contributed by atoms with E-state index >= 15 is 0 Å². The van der Waals surface area contributed by atoms with E-state index in [0.717, 1.165) is 11.3 Å². The number of rotatable bonds is 11. The van der Waals surface area contributed by atoms with Crippen LogP contribution in [-0.2, 0) is 19.1 Å². The average molecular weight is 592 g/mol. The summed E-state index contributed by atoms with van der Waals surface area (Å²) in [5.41, 5.74) is 1.40. The first-order valence-corrected chi connectivity index (χ1v) is 13.9. The van der Waals surface area contributed by atoms with Gasteiger partial charge < -0.3 is 23.7 Å². The molecule has 0 radical (unpaired) electrons. The van der Waals surface area contributed by atoms with Crippen LogP contribution in [0.25, 0.3) is 6.08 Å². The Morgan fingerprint density at radius 3 is 2.57 bits per heavy atom. The zero-order valence-electron chi connectivity index (χ0n) is 23.5. The summed E-state index contributed by atoms with van der Waals surface area (Å²) in [7, 11) is 1.26. The lowest BCUT2D eigenvalue weighted by Crippen LogP contribution is -2.40. The number of nitriles is 1. The molecule has 1 aliphatic heterocycles. The molecule has 12 heteroatoms. The van der Waals surface area contributed by atoms with E-state index in [2.05, 4.69) is 9.73 Å². The summed E-state index contributed by atoms with van der Waals surface area (Å²) in [6.45, 7) is 5.16. The van der Waals surface area contributed by atoms with E-state index in [1.54, 1.807) is 69.3 Å². The Labute approximate surface area is 245 Å². The van der Waals surface area contributed by atoms with Crippen molar-refractivity contribution in [3.8, 4) is 23.3 Å². The van der Waals surface area contributed by atoms with Crippen LogP contribution in [0.1, 0.15) is 37.9 Å². The van der Waals surface area contributed by atoms with Crippen molar-refractivity contribution in [2.45, 2.75) is 26.8 Å². The average Bonchev–Trinajstić information content (AvgIpc) is 3.29. The quantitative estimate of drug-likeness (QED) is 0.308. The summed E-state index contributed by atoms with van der Waals surface area (Å²) in [5.74, 6) is -0.0874. The molecule has 0 saturated carbocycles. The third-order valence-corrected chi connectivity index (χ3v) is 7.15. The molecule has 42 heavy (non-hydrogen) atoms. The van der Waals surface area contributed by atoms with Gasteiger partial charge in [0, 0.05) is 5.56 Å². The molecule has 3 aromatic rings. The monoisotopic (exact) mass is 591 g/mol. The molecule has 0 spiro atoms. The minimum atomic E-state index is -0.888. The number of methoxy groups -OCH3 is 1. The molecule has 2 aromatic carbocycles. The standard InChI is InChI=1S/C30H29N3O8S/c1-5-38-23-15-20(11-12-22(23)41-17-25(34)37-4)27-26(29(36)39-6-2)18(3)32-30-33(27)28(35)24(42-30)16-19-9-7-8-10-21(19)40-14-13-31/h7-12,15-16,27H,5-6,14,17H2,1-4H3/b24-16-/t27-/m0/s1. The number of aromatic nitrogens is 1. The van der Waals surface area contributed by atoms with Gasteiger partial charge in [-0.1, -0.05) is 35.6 Å². The van der Waals surface area contributed by atoms with E-state index in [1.165, 1.54) is 11.7 Å². The predicted molar refractivity (Wildman–Crippen MR) is 153 cm³/mol. The number of carbonyl (C=O) groups excluding carboxylic acids is 2. The van der Waals surface area contributed by atoms with Crippen LogP contribution < -0.4 is 29.1 Å². The molecule has 1 aromatic heterocycles. The maximum Gasteiger partial charge on any atom is 0.343 e. The second-order valence-electron chi connectivity index (χ2n) is 8.79. The third kappa shape index (κ3) is 6.37. The number of carbonyl (C=O) groups is 2. The first kappa shape index (κ1) is 30.1. The molecule has 4 rings (SSSR count). The van der Waals surface area contributed by atoms with Crippen LogP contribution in [0.15, 0.2) is 63.5 Å².